The predicted octanol–water partition coefficient (Wildman–Crippen LogP) is 1.95. The van der Waals surface area contributed by atoms with Crippen LogP contribution < -0.4 is 4.90 Å². The summed E-state index contributed by atoms with van der Waals surface area (Å²) in [7, 11) is 0. The van der Waals surface area contributed by atoms with Gasteiger partial charge < -0.3 is 18.9 Å². The van der Waals surface area contributed by atoms with Gasteiger partial charge in [-0.1, -0.05) is 30.3 Å². The summed E-state index contributed by atoms with van der Waals surface area (Å²) in [6.45, 7) is 10.2. The van der Waals surface area contributed by atoms with Crippen molar-refractivity contribution in [2.75, 3.05) is 39.5 Å². The van der Waals surface area contributed by atoms with Crippen LogP contribution in [0.25, 0.3) is 11.3 Å². The van der Waals surface area contributed by atoms with E-state index in [1.807, 2.05) is 38.1 Å². The molecule has 0 bridgehead atoms. The molecule has 1 aromatic carbocycles. The first-order valence-corrected chi connectivity index (χ1v) is 9.54. The molecule has 2 aromatic rings. The number of rotatable bonds is 7. The fourth-order valence-corrected chi connectivity index (χ4v) is 3.59. The number of hydrogen-bond acceptors (Lipinski definition) is 3. The molecule has 5 heteroatoms. The van der Waals surface area contributed by atoms with Crippen LogP contribution in [0.2, 0.25) is 0 Å². The van der Waals surface area contributed by atoms with Gasteiger partial charge in [-0.15, -0.1) is 0 Å². The Balaban J connectivity index is 1.80. The van der Waals surface area contributed by atoms with Crippen LogP contribution in [0.3, 0.4) is 0 Å². The first-order chi connectivity index (χ1) is 12.7. The molecule has 0 saturated carbocycles. The summed E-state index contributed by atoms with van der Waals surface area (Å²) in [4.78, 5) is 13.9. The van der Waals surface area contributed by atoms with Crippen LogP contribution in [0.15, 0.2) is 36.4 Å². The number of nitrogens with zero attached hydrogens (tertiary/aromatic N) is 1. The van der Waals surface area contributed by atoms with E-state index in [1.165, 1.54) is 0 Å². The number of aromatic nitrogens is 1. The van der Waals surface area contributed by atoms with Gasteiger partial charge in [-0.05, 0) is 25.5 Å². The molecule has 1 saturated heterocycles. The molecule has 0 atom stereocenters. The molecule has 0 amide bonds. The minimum atomic E-state index is -0.236. The Morgan fingerprint density at radius 2 is 1.96 bits per heavy atom. The van der Waals surface area contributed by atoms with Crippen LogP contribution in [0.1, 0.15) is 29.4 Å². The van der Waals surface area contributed by atoms with Crippen molar-refractivity contribution in [1.82, 2.24) is 4.57 Å². The van der Waals surface area contributed by atoms with Crippen molar-refractivity contribution in [2.45, 2.75) is 26.8 Å². The van der Waals surface area contributed by atoms with Crippen LogP contribution >= 0.6 is 0 Å². The highest BCUT2D eigenvalue weighted by atomic mass is 16.5. The highest BCUT2D eigenvalue weighted by Crippen LogP contribution is 2.26. The third kappa shape index (κ3) is 4.34. The summed E-state index contributed by atoms with van der Waals surface area (Å²) in [6, 6.07) is 12.2. The lowest BCUT2D eigenvalue weighted by atomic mass is 10.1. The Morgan fingerprint density at radius 1 is 1.23 bits per heavy atom. The second-order valence-corrected chi connectivity index (χ2v) is 6.73. The summed E-state index contributed by atoms with van der Waals surface area (Å²) < 4.78 is 12.9. The SMILES string of the molecule is CCOC(=O)c1cc(-c2ccccc2)n(CCC[NH+]2CCOCC2)c1C. The van der Waals surface area contributed by atoms with Crippen molar-refractivity contribution in [3.63, 3.8) is 0 Å². The van der Waals surface area contributed by atoms with Gasteiger partial charge in [0.2, 0.25) is 0 Å². The number of carbonyl (C=O) groups excluding carboxylic acids is 1. The lowest BCUT2D eigenvalue weighted by Crippen LogP contribution is -3.14. The molecule has 5 nitrogen and oxygen atoms in total. The van der Waals surface area contributed by atoms with E-state index in [0.717, 1.165) is 62.8 Å². The van der Waals surface area contributed by atoms with Crippen LogP contribution in [-0.2, 0) is 16.0 Å². The minimum Gasteiger partial charge on any atom is -0.462 e. The molecule has 2 heterocycles. The number of ether oxygens (including phenoxy) is 2. The van der Waals surface area contributed by atoms with Crippen molar-refractivity contribution < 1.29 is 19.2 Å². The molecule has 140 valence electrons. The van der Waals surface area contributed by atoms with E-state index in [9.17, 15) is 4.79 Å². The van der Waals surface area contributed by atoms with Crippen LogP contribution in [-0.4, -0.2) is 50.0 Å². The molecule has 1 aliphatic rings. The number of carbonyl (C=O) groups is 1. The van der Waals surface area contributed by atoms with Crippen molar-refractivity contribution in [3.8, 4) is 11.3 Å². The Hall–Kier alpha value is -2.11. The van der Waals surface area contributed by atoms with Crippen molar-refractivity contribution in [2.24, 2.45) is 0 Å². The fraction of sp³-hybridized carbons (Fsp3) is 0.476. The Labute approximate surface area is 155 Å². The van der Waals surface area contributed by atoms with E-state index < -0.39 is 0 Å². The number of esters is 1. The third-order valence-corrected chi connectivity index (χ3v) is 5.04. The van der Waals surface area contributed by atoms with Crippen molar-refractivity contribution in [3.05, 3.63) is 47.7 Å². The normalized spacial score (nSPS) is 15.2. The van der Waals surface area contributed by atoms with Gasteiger partial charge in [0.25, 0.3) is 0 Å². The van der Waals surface area contributed by atoms with Crippen LogP contribution in [0, 0.1) is 6.92 Å². The zero-order valence-corrected chi connectivity index (χ0v) is 15.8. The molecular weight excluding hydrogens is 328 g/mol. The van der Waals surface area contributed by atoms with Gasteiger partial charge in [-0.3, -0.25) is 0 Å². The number of nitrogens with one attached hydrogen (secondary N) is 1. The van der Waals surface area contributed by atoms with Gasteiger partial charge in [-0.2, -0.15) is 0 Å². The van der Waals surface area contributed by atoms with E-state index in [2.05, 4.69) is 16.7 Å². The van der Waals surface area contributed by atoms with E-state index in [-0.39, 0.29) is 5.97 Å². The molecule has 0 aliphatic carbocycles. The molecule has 3 rings (SSSR count). The topological polar surface area (TPSA) is 44.9 Å². The number of hydrogen-bond donors (Lipinski definition) is 1. The second-order valence-electron chi connectivity index (χ2n) is 6.73. The lowest BCUT2D eigenvalue weighted by molar-refractivity contribution is -0.908. The fourth-order valence-electron chi connectivity index (χ4n) is 3.59. The van der Waals surface area contributed by atoms with Gasteiger partial charge in [0.1, 0.15) is 13.1 Å². The molecule has 1 aromatic heterocycles. The molecule has 1 aliphatic heterocycles. The predicted molar refractivity (Wildman–Crippen MR) is 102 cm³/mol. The average Bonchev–Trinajstić information content (AvgIpc) is 3.00. The van der Waals surface area contributed by atoms with Gasteiger partial charge in [0, 0.05) is 24.4 Å². The Morgan fingerprint density at radius 3 is 2.65 bits per heavy atom. The smallest absolute Gasteiger partial charge is 0.339 e. The first kappa shape index (κ1) is 18.7. The van der Waals surface area contributed by atoms with Crippen molar-refractivity contribution >= 4 is 5.97 Å². The highest BCUT2D eigenvalue weighted by Gasteiger charge is 2.20. The number of benzene rings is 1. The van der Waals surface area contributed by atoms with E-state index >= 15 is 0 Å². The quantitative estimate of drug-likeness (QED) is 0.771. The molecule has 26 heavy (non-hydrogen) atoms. The molecule has 1 fully saturated rings. The van der Waals surface area contributed by atoms with E-state index in [0.29, 0.717) is 12.2 Å². The Bertz CT molecular complexity index is 718. The molecule has 0 spiro atoms. The van der Waals surface area contributed by atoms with Crippen LogP contribution in [0.5, 0.6) is 0 Å². The highest BCUT2D eigenvalue weighted by molar-refractivity contribution is 5.92. The van der Waals surface area contributed by atoms with E-state index in [1.54, 1.807) is 4.90 Å². The monoisotopic (exact) mass is 357 g/mol. The molecule has 0 radical (unpaired) electrons. The number of morpholine rings is 1. The largest absolute Gasteiger partial charge is 0.462 e. The molecule has 0 unspecified atom stereocenters. The van der Waals surface area contributed by atoms with Crippen LogP contribution in [0.4, 0.5) is 0 Å². The third-order valence-electron chi connectivity index (χ3n) is 5.04. The maximum Gasteiger partial charge on any atom is 0.339 e. The number of quaternary nitrogens is 1. The summed E-state index contributed by atoms with van der Waals surface area (Å²) >= 11 is 0. The summed E-state index contributed by atoms with van der Waals surface area (Å²) in [5.41, 5.74) is 3.87. The van der Waals surface area contributed by atoms with Gasteiger partial charge in [-0.25, -0.2) is 4.79 Å². The maximum atomic E-state index is 12.3. The second kappa shape index (κ2) is 9.01. The zero-order chi connectivity index (χ0) is 18.4. The van der Waals surface area contributed by atoms with Gasteiger partial charge in [0.15, 0.2) is 0 Å². The average molecular weight is 357 g/mol. The first-order valence-electron chi connectivity index (χ1n) is 9.54. The summed E-state index contributed by atoms with van der Waals surface area (Å²) in [5, 5.41) is 0. The zero-order valence-electron chi connectivity index (χ0n) is 15.8. The summed E-state index contributed by atoms with van der Waals surface area (Å²) in [6.07, 6.45) is 1.08. The lowest BCUT2D eigenvalue weighted by Gasteiger charge is -2.24. The molecular formula is C21H29N2O3+. The van der Waals surface area contributed by atoms with E-state index in [4.69, 9.17) is 9.47 Å². The molecule has 1 N–H and O–H groups in total. The maximum absolute atomic E-state index is 12.3. The van der Waals surface area contributed by atoms with Gasteiger partial charge >= 0.3 is 5.97 Å². The van der Waals surface area contributed by atoms with Gasteiger partial charge in [0.05, 0.1) is 31.9 Å². The minimum absolute atomic E-state index is 0.236. The standard InChI is InChI=1S/C21H28N2O3/c1-3-26-21(24)19-16-20(18-8-5-4-6-9-18)23(17(19)2)11-7-10-22-12-14-25-15-13-22/h4-6,8-9,16H,3,7,10-15H2,1-2H3/p+1. The summed E-state index contributed by atoms with van der Waals surface area (Å²) in [5.74, 6) is -0.236. The Kier molecular flexibility index (Phi) is 6.47. The van der Waals surface area contributed by atoms with Crippen molar-refractivity contribution in [1.29, 1.82) is 0 Å².